The maximum atomic E-state index is 11.3. The highest BCUT2D eigenvalue weighted by molar-refractivity contribution is 7.90. The lowest BCUT2D eigenvalue weighted by molar-refractivity contribution is 0.598. The van der Waals surface area contributed by atoms with Crippen molar-refractivity contribution in [3.05, 3.63) is 11.4 Å². The van der Waals surface area contributed by atoms with Gasteiger partial charge in [0, 0.05) is 30.8 Å². The van der Waals surface area contributed by atoms with E-state index in [2.05, 4.69) is 20.6 Å². The number of hydrogen-bond donors (Lipinski definition) is 2. The predicted octanol–water partition coefficient (Wildman–Crippen LogP) is 1.62. The summed E-state index contributed by atoms with van der Waals surface area (Å²) in [6.07, 6.45) is 1.97. The molecule has 1 unspecified atom stereocenters. The molecule has 20 heavy (non-hydrogen) atoms. The third kappa shape index (κ3) is 4.96. The van der Waals surface area contributed by atoms with Crippen molar-refractivity contribution in [2.75, 3.05) is 29.2 Å². The van der Waals surface area contributed by atoms with Gasteiger partial charge in [-0.05, 0) is 20.8 Å². The van der Waals surface area contributed by atoms with Gasteiger partial charge in [0.05, 0.1) is 5.75 Å². The van der Waals surface area contributed by atoms with E-state index in [4.69, 9.17) is 0 Å². The molecule has 0 aliphatic rings. The first-order valence-corrected chi connectivity index (χ1v) is 8.88. The van der Waals surface area contributed by atoms with E-state index in [-0.39, 0.29) is 11.8 Å². The van der Waals surface area contributed by atoms with Crippen LogP contribution in [0.25, 0.3) is 0 Å². The fourth-order valence-corrected chi connectivity index (χ4v) is 2.92. The number of nitrogens with one attached hydrogen (secondary N) is 2. The van der Waals surface area contributed by atoms with E-state index in [1.165, 1.54) is 6.26 Å². The van der Waals surface area contributed by atoms with Crippen molar-refractivity contribution in [2.24, 2.45) is 0 Å². The Morgan fingerprint density at radius 3 is 2.30 bits per heavy atom. The average molecular weight is 300 g/mol. The number of nitrogens with zero attached hydrogens (tertiary/aromatic N) is 2. The summed E-state index contributed by atoms with van der Waals surface area (Å²) in [5, 5.41) is 6.37. The van der Waals surface area contributed by atoms with Crippen LogP contribution in [0.1, 0.15) is 32.2 Å². The van der Waals surface area contributed by atoms with Gasteiger partial charge in [0.15, 0.2) is 0 Å². The molecule has 1 aromatic rings. The lowest BCUT2D eigenvalue weighted by Crippen LogP contribution is -2.26. The molecule has 0 saturated carbocycles. The standard InChI is InChI=1S/C13H24N4O2S/c1-6-11-16-12(14-7-2)10(4)13(17-11)15-9(3)8-20(5,18)19/h9H,6-8H2,1-5H3,(H2,14,15,16,17). The zero-order valence-electron chi connectivity index (χ0n) is 12.8. The minimum absolute atomic E-state index is 0.0778. The number of anilines is 2. The van der Waals surface area contributed by atoms with Crippen LogP contribution in [0.5, 0.6) is 0 Å². The van der Waals surface area contributed by atoms with Gasteiger partial charge in [0.25, 0.3) is 0 Å². The van der Waals surface area contributed by atoms with Gasteiger partial charge in [0.1, 0.15) is 27.3 Å². The van der Waals surface area contributed by atoms with Crippen molar-refractivity contribution in [2.45, 2.75) is 40.2 Å². The maximum Gasteiger partial charge on any atom is 0.149 e. The summed E-state index contributed by atoms with van der Waals surface area (Å²) in [6, 6.07) is -0.196. The zero-order valence-corrected chi connectivity index (χ0v) is 13.6. The molecule has 6 nitrogen and oxygen atoms in total. The lowest BCUT2D eigenvalue weighted by atomic mass is 10.2. The molecule has 0 spiro atoms. The van der Waals surface area contributed by atoms with E-state index < -0.39 is 9.84 Å². The number of aryl methyl sites for hydroxylation is 1. The van der Waals surface area contributed by atoms with Crippen molar-refractivity contribution >= 4 is 21.5 Å². The summed E-state index contributed by atoms with van der Waals surface area (Å²) in [5.74, 6) is 2.31. The van der Waals surface area contributed by atoms with Crippen molar-refractivity contribution in [1.29, 1.82) is 0 Å². The first kappa shape index (κ1) is 16.7. The second-order valence-electron chi connectivity index (χ2n) is 4.98. The molecule has 0 aliphatic carbocycles. The van der Waals surface area contributed by atoms with Crippen LogP contribution in [0.4, 0.5) is 11.6 Å². The van der Waals surface area contributed by atoms with Crippen LogP contribution in [0, 0.1) is 6.92 Å². The van der Waals surface area contributed by atoms with Gasteiger partial charge in [-0.1, -0.05) is 6.92 Å². The third-order valence-electron chi connectivity index (χ3n) is 2.79. The van der Waals surface area contributed by atoms with Crippen LogP contribution in [0.15, 0.2) is 0 Å². The molecular weight excluding hydrogens is 276 g/mol. The molecule has 0 radical (unpaired) electrons. The van der Waals surface area contributed by atoms with E-state index in [0.717, 1.165) is 30.2 Å². The molecule has 0 aliphatic heterocycles. The minimum atomic E-state index is -3.01. The van der Waals surface area contributed by atoms with Crippen molar-refractivity contribution in [3.8, 4) is 0 Å². The summed E-state index contributed by atoms with van der Waals surface area (Å²) >= 11 is 0. The molecular formula is C13H24N4O2S. The summed E-state index contributed by atoms with van der Waals surface area (Å²) < 4.78 is 22.6. The predicted molar refractivity (Wildman–Crippen MR) is 83.1 cm³/mol. The Kier molecular flexibility index (Phi) is 5.74. The topological polar surface area (TPSA) is 84.0 Å². The number of hydrogen-bond acceptors (Lipinski definition) is 6. The minimum Gasteiger partial charge on any atom is -0.370 e. The van der Waals surface area contributed by atoms with Gasteiger partial charge in [-0.3, -0.25) is 0 Å². The Morgan fingerprint density at radius 2 is 1.80 bits per heavy atom. The normalized spacial score (nSPS) is 13.1. The van der Waals surface area contributed by atoms with Crippen molar-refractivity contribution in [3.63, 3.8) is 0 Å². The Labute approximate surface area is 121 Å². The number of rotatable bonds is 7. The molecule has 0 amide bonds. The first-order chi connectivity index (χ1) is 9.26. The highest BCUT2D eigenvalue weighted by Crippen LogP contribution is 2.21. The monoisotopic (exact) mass is 300 g/mol. The van der Waals surface area contributed by atoms with E-state index in [0.29, 0.717) is 5.82 Å². The second kappa shape index (κ2) is 6.88. The molecule has 1 aromatic heterocycles. The van der Waals surface area contributed by atoms with Crippen LogP contribution in [-0.2, 0) is 16.3 Å². The second-order valence-corrected chi connectivity index (χ2v) is 7.17. The van der Waals surface area contributed by atoms with Gasteiger partial charge in [0.2, 0.25) is 0 Å². The fourth-order valence-electron chi connectivity index (χ4n) is 1.93. The quantitative estimate of drug-likeness (QED) is 0.796. The highest BCUT2D eigenvalue weighted by atomic mass is 32.2. The molecule has 1 heterocycles. The molecule has 1 rings (SSSR count). The van der Waals surface area contributed by atoms with Crippen molar-refractivity contribution in [1.82, 2.24) is 9.97 Å². The summed E-state index contributed by atoms with van der Waals surface area (Å²) in [6.45, 7) is 8.53. The van der Waals surface area contributed by atoms with E-state index >= 15 is 0 Å². The molecule has 7 heteroatoms. The Bertz CT molecular complexity index is 558. The highest BCUT2D eigenvalue weighted by Gasteiger charge is 2.15. The van der Waals surface area contributed by atoms with Crippen LogP contribution in [0.3, 0.4) is 0 Å². The molecule has 0 aromatic carbocycles. The van der Waals surface area contributed by atoms with Crippen molar-refractivity contribution < 1.29 is 8.42 Å². The molecule has 114 valence electrons. The number of sulfone groups is 1. The largest absolute Gasteiger partial charge is 0.370 e. The smallest absolute Gasteiger partial charge is 0.149 e. The van der Waals surface area contributed by atoms with E-state index in [1.54, 1.807) is 0 Å². The van der Waals surface area contributed by atoms with Gasteiger partial charge in [-0.25, -0.2) is 18.4 Å². The van der Waals surface area contributed by atoms with Crippen LogP contribution in [-0.4, -0.2) is 43.0 Å². The number of aromatic nitrogens is 2. The zero-order chi connectivity index (χ0) is 15.3. The maximum absolute atomic E-state index is 11.3. The summed E-state index contributed by atoms with van der Waals surface area (Å²) in [4.78, 5) is 8.89. The molecule has 0 bridgehead atoms. The Balaban J connectivity index is 3.01. The molecule has 0 saturated heterocycles. The lowest BCUT2D eigenvalue weighted by Gasteiger charge is -2.18. The average Bonchev–Trinajstić information content (AvgIpc) is 2.31. The Hall–Kier alpha value is -1.37. The third-order valence-corrected chi connectivity index (χ3v) is 3.89. The Morgan fingerprint density at radius 1 is 1.20 bits per heavy atom. The molecule has 1 atom stereocenters. The van der Waals surface area contributed by atoms with E-state index in [9.17, 15) is 8.42 Å². The van der Waals surface area contributed by atoms with Gasteiger partial charge in [-0.2, -0.15) is 0 Å². The fraction of sp³-hybridized carbons (Fsp3) is 0.692. The SMILES string of the molecule is CCNc1nc(CC)nc(NC(C)CS(C)(=O)=O)c1C. The van der Waals surface area contributed by atoms with Gasteiger partial charge in [-0.15, -0.1) is 0 Å². The molecule has 2 N–H and O–H groups in total. The van der Waals surface area contributed by atoms with E-state index in [1.807, 2.05) is 27.7 Å². The molecule has 0 fully saturated rings. The van der Waals surface area contributed by atoms with Crippen LogP contribution < -0.4 is 10.6 Å². The van der Waals surface area contributed by atoms with Crippen LogP contribution in [0.2, 0.25) is 0 Å². The van der Waals surface area contributed by atoms with Gasteiger partial charge < -0.3 is 10.6 Å². The first-order valence-electron chi connectivity index (χ1n) is 6.82. The summed E-state index contributed by atoms with van der Waals surface area (Å²) in [5.41, 5.74) is 0.907. The van der Waals surface area contributed by atoms with Crippen LogP contribution >= 0.6 is 0 Å². The summed E-state index contributed by atoms with van der Waals surface area (Å²) in [7, 11) is -3.01. The van der Waals surface area contributed by atoms with Gasteiger partial charge >= 0.3 is 0 Å².